The molecule has 1 saturated heterocycles. The van der Waals surface area contributed by atoms with Crippen LogP contribution in [0.3, 0.4) is 0 Å². The summed E-state index contributed by atoms with van der Waals surface area (Å²) in [6.07, 6.45) is 1.40. The second-order valence-corrected chi connectivity index (χ2v) is 3.63. The van der Waals surface area contributed by atoms with Gasteiger partial charge in [-0.2, -0.15) is 4.98 Å². The third kappa shape index (κ3) is 2.21. The molecule has 0 radical (unpaired) electrons. The number of pyridine rings is 1. The molecule has 0 aliphatic carbocycles. The molecule has 82 valence electrons. The Balaban J connectivity index is 2.09. The highest BCUT2D eigenvalue weighted by Gasteiger charge is 2.23. The monoisotopic (exact) mass is 208 g/mol. The zero-order valence-corrected chi connectivity index (χ0v) is 9.14. The lowest BCUT2D eigenvalue weighted by Gasteiger charge is -2.17. The first-order valence-corrected chi connectivity index (χ1v) is 5.12. The van der Waals surface area contributed by atoms with Crippen LogP contribution in [-0.2, 0) is 4.74 Å². The van der Waals surface area contributed by atoms with Crippen molar-refractivity contribution in [3.8, 4) is 5.88 Å². The second kappa shape index (κ2) is 4.49. The van der Waals surface area contributed by atoms with E-state index in [0.717, 1.165) is 25.3 Å². The van der Waals surface area contributed by atoms with E-state index in [1.807, 2.05) is 18.2 Å². The van der Waals surface area contributed by atoms with E-state index in [9.17, 15) is 0 Å². The molecule has 1 fully saturated rings. The highest BCUT2D eigenvalue weighted by atomic mass is 16.5. The number of methoxy groups -OCH3 is 2. The fourth-order valence-electron chi connectivity index (χ4n) is 1.82. The molecule has 1 aromatic rings. The third-order valence-electron chi connectivity index (χ3n) is 2.72. The summed E-state index contributed by atoms with van der Waals surface area (Å²) in [4.78, 5) is 6.61. The van der Waals surface area contributed by atoms with Gasteiger partial charge in [0.15, 0.2) is 0 Å². The Hall–Kier alpha value is -1.29. The van der Waals surface area contributed by atoms with Gasteiger partial charge in [0.25, 0.3) is 0 Å². The van der Waals surface area contributed by atoms with E-state index in [4.69, 9.17) is 9.47 Å². The standard InChI is InChI=1S/C11H16N2O2/c1-14-9-6-7-13(8-9)10-4-3-5-11(12-10)15-2/h3-5,9H,6-8H2,1-2H3/t9-/m1/s1. The maximum atomic E-state index is 5.32. The van der Waals surface area contributed by atoms with Crippen molar-refractivity contribution in [1.29, 1.82) is 0 Å². The Morgan fingerprint density at radius 2 is 2.27 bits per heavy atom. The summed E-state index contributed by atoms with van der Waals surface area (Å²) in [6, 6.07) is 5.81. The maximum Gasteiger partial charge on any atom is 0.214 e. The van der Waals surface area contributed by atoms with Crippen molar-refractivity contribution < 1.29 is 9.47 Å². The average Bonchev–Trinajstić information content (AvgIpc) is 2.78. The molecule has 0 amide bonds. The highest BCUT2D eigenvalue weighted by molar-refractivity contribution is 5.41. The summed E-state index contributed by atoms with van der Waals surface area (Å²) >= 11 is 0. The van der Waals surface area contributed by atoms with E-state index in [1.165, 1.54) is 0 Å². The van der Waals surface area contributed by atoms with Crippen LogP contribution in [0.5, 0.6) is 5.88 Å². The molecule has 0 N–H and O–H groups in total. The number of ether oxygens (including phenoxy) is 2. The topological polar surface area (TPSA) is 34.6 Å². The fraction of sp³-hybridized carbons (Fsp3) is 0.545. The summed E-state index contributed by atoms with van der Waals surface area (Å²) in [5.74, 6) is 1.63. The molecular weight excluding hydrogens is 192 g/mol. The molecule has 1 aliphatic heterocycles. The molecule has 0 saturated carbocycles. The van der Waals surface area contributed by atoms with Gasteiger partial charge >= 0.3 is 0 Å². The molecule has 15 heavy (non-hydrogen) atoms. The van der Waals surface area contributed by atoms with Gasteiger partial charge in [-0.1, -0.05) is 6.07 Å². The van der Waals surface area contributed by atoms with Crippen molar-refractivity contribution in [1.82, 2.24) is 4.98 Å². The van der Waals surface area contributed by atoms with Crippen molar-refractivity contribution in [2.24, 2.45) is 0 Å². The molecule has 1 aromatic heterocycles. The summed E-state index contributed by atoms with van der Waals surface area (Å²) in [5.41, 5.74) is 0. The van der Waals surface area contributed by atoms with Crippen LogP contribution in [0.2, 0.25) is 0 Å². The number of anilines is 1. The van der Waals surface area contributed by atoms with Gasteiger partial charge in [-0.05, 0) is 12.5 Å². The van der Waals surface area contributed by atoms with Crippen LogP contribution in [-0.4, -0.2) is 38.4 Å². The van der Waals surface area contributed by atoms with Crippen LogP contribution in [0, 0.1) is 0 Å². The van der Waals surface area contributed by atoms with Crippen molar-refractivity contribution >= 4 is 5.82 Å². The van der Waals surface area contributed by atoms with Crippen LogP contribution in [0.15, 0.2) is 18.2 Å². The van der Waals surface area contributed by atoms with Crippen molar-refractivity contribution in [2.75, 3.05) is 32.2 Å². The Labute approximate surface area is 89.8 Å². The number of hydrogen-bond acceptors (Lipinski definition) is 4. The van der Waals surface area contributed by atoms with Crippen molar-refractivity contribution in [3.05, 3.63) is 18.2 Å². The predicted molar refractivity (Wildman–Crippen MR) is 58.4 cm³/mol. The largest absolute Gasteiger partial charge is 0.481 e. The Morgan fingerprint density at radius 1 is 1.40 bits per heavy atom. The minimum atomic E-state index is 0.331. The normalized spacial score (nSPS) is 20.7. The Kier molecular flexibility index (Phi) is 3.06. The van der Waals surface area contributed by atoms with E-state index in [0.29, 0.717) is 12.0 Å². The molecule has 2 rings (SSSR count). The SMILES string of the molecule is COc1cccc(N2CC[C@@H](OC)C2)n1. The number of aromatic nitrogens is 1. The molecular formula is C11H16N2O2. The molecule has 0 spiro atoms. The quantitative estimate of drug-likeness (QED) is 0.750. The van der Waals surface area contributed by atoms with Gasteiger partial charge in [0.2, 0.25) is 5.88 Å². The molecule has 2 heterocycles. The Morgan fingerprint density at radius 3 is 2.93 bits per heavy atom. The lowest BCUT2D eigenvalue weighted by Crippen LogP contribution is -2.23. The number of nitrogens with zero attached hydrogens (tertiary/aromatic N) is 2. The van der Waals surface area contributed by atoms with Crippen molar-refractivity contribution in [3.63, 3.8) is 0 Å². The molecule has 4 nitrogen and oxygen atoms in total. The van der Waals surface area contributed by atoms with E-state index >= 15 is 0 Å². The minimum Gasteiger partial charge on any atom is -0.481 e. The molecule has 0 unspecified atom stereocenters. The van der Waals surface area contributed by atoms with E-state index in [-0.39, 0.29) is 0 Å². The predicted octanol–water partition coefficient (Wildman–Crippen LogP) is 1.32. The summed E-state index contributed by atoms with van der Waals surface area (Å²) in [5, 5.41) is 0. The zero-order valence-electron chi connectivity index (χ0n) is 9.14. The molecule has 1 atom stereocenters. The van der Waals surface area contributed by atoms with Gasteiger partial charge in [-0.25, -0.2) is 0 Å². The summed E-state index contributed by atoms with van der Waals surface area (Å²) < 4.78 is 10.4. The van der Waals surface area contributed by atoms with Crippen LogP contribution < -0.4 is 9.64 Å². The first kappa shape index (κ1) is 10.2. The average molecular weight is 208 g/mol. The van der Waals surface area contributed by atoms with Gasteiger partial charge in [-0.3, -0.25) is 0 Å². The van der Waals surface area contributed by atoms with Crippen LogP contribution in [0.1, 0.15) is 6.42 Å². The highest BCUT2D eigenvalue weighted by Crippen LogP contribution is 2.21. The molecule has 0 bridgehead atoms. The lowest BCUT2D eigenvalue weighted by atomic mass is 10.3. The summed E-state index contributed by atoms with van der Waals surface area (Å²) in [7, 11) is 3.39. The maximum absolute atomic E-state index is 5.32. The zero-order chi connectivity index (χ0) is 10.7. The second-order valence-electron chi connectivity index (χ2n) is 3.63. The molecule has 4 heteroatoms. The first-order valence-electron chi connectivity index (χ1n) is 5.12. The van der Waals surface area contributed by atoms with Gasteiger partial charge in [-0.15, -0.1) is 0 Å². The number of hydrogen-bond donors (Lipinski definition) is 0. The first-order chi connectivity index (χ1) is 7.33. The minimum absolute atomic E-state index is 0.331. The van der Waals surface area contributed by atoms with Gasteiger partial charge < -0.3 is 14.4 Å². The third-order valence-corrected chi connectivity index (χ3v) is 2.72. The Bertz CT molecular complexity index is 330. The van der Waals surface area contributed by atoms with Gasteiger partial charge in [0, 0.05) is 26.3 Å². The molecule has 0 aromatic carbocycles. The van der Waals surface area contributed by atoms with Crippen molar-refractivity contribution in [2.45, 2.75) is 12.5 Å². The van der Waals surface area contributed by atoms with Crippen LogP contribution in [0.4, 0.5) is 5.82 Å². The van der Waals surface area contributed by atoms with E-state index in [2.05, 4.69) is 9.88 Å². The van der Waals surface area contributed by atoms with Crippen LogP contribution in [0.25, 0.3) is 0 Å². The molecule has 1 aliphatic rings. The van der Waals surface area contributed by atoms with Gasteiger partial charge in [0.05, 0.1) is 13.2 Å². The van der Waals surface area contributed by atoms with E-state index < -0.39 is 0 Å². The van der Waals surface area contributed by atoms with Gasteiger partial charge in [0.1, 0.15) is 5.82 Å². The van der Waals surface area contributed by atoms with Crippen LogP contribution >= 0.6 is 0 Å². The smallest absolute Gasteiger partial charge is 0.214 e. The fourth-order valence-corrected chi connectivity index (χ4v) is 1.82. The lowest BCUT2D eigenvalue weighted by molar-refractivity contribution is 0.121. The number of rotatable bonds is 3. The summed E-state index contributed by atoms with van der Waals surface area (Å²) in [6.45, 7) is 1.91. The van der Waals surface area contributed by atoms with E-state index in [1.54, 1.807) is 14.2 Å².